The number of rotatable bonds is 2. The minimum Gasteiger partial charge on any atom is -0.322 e. The molecule has 1 aliphatic rings. The van der Waals surface area contributed by atoms with Gasteiger partial charge in [0.1, 0.15) is 0 Å². The van der Waals surface area contributed by atoms with E-state index >= 15 is 0 Å². The van der Waals surface area contributed by atoms with E-state index in [9.17, 15) is 4.79 Å². The number of carbonyl (C=O) groups excluding carboxylic acids is 1. The zero-order valence-corrected chi connectivity index (χ0v) is 12.6. The zero-order chi connectivity index (χ0) is 13.9. The van der Waals surface area contributed by atoms with E-state index in [4.69, 9.17) is 0 Å². The summed E-state index contributed by atoms with van der Waals surface area (Å²) in [5.41, 5.74) is 4.24. The van der Waals surface area contributed by atoms with Crippen molar-refractivity contribution >= 4 is 22.9 Å². The Morgan fingerprint density at radius 1 is 1.10 bits per heavy atom. The molecule has 0 unspecified atom stereocenters. The predicted molar refractivity (Wildman–Crippen MR) is 84.7 cm³/mol. The van der Waals surface area contributed by atoms with E-state index < -0.39 is 0 Å². The van der Waals surface area contributed by atoms with Gasteiger partial charge in [-0.1, -0.05) is 24.1 Å². The van der Waals surface area contributed by atoms with Crippen molar-refractivity contribution in [3.63, 3.8) is 0 Å². The highest BCUT2D eigenvalue weighted by Gasteiger charge is 2.19. The van der Waals surface area contributed by atoms with Crippen LogP contribution < -0.4 is 5.32 Å². The lowest BCUT2D eigenvalue weighted by molar-refractivity contribution is 0.102. The molecule has 0 aliphatic heterocycles. The number of hydrogen-bond donors (Lipinski definition) is 1. The second kappa shape index (κ2) is 5.80. The maximum absolute atomic E-state index is 12.4. The summed E-state index contributed by atoms with van der Waals surface area (Å²) in [5, 5.41) is 5.04. The van der Waals surface area contributed by atoms with Crippen LogP contribution in [0.4, 0.5) is 5.69 Å². The number of benzene rings is 1. The van der Waals surface area contributed by atoms with E-state index in [0.717, 1.165) is 24.1 Å². The summed E-state index contributed by atoms with van der Waals surface area (Å²) in [6, 6.07) is 7.95. The summed E-state index contributed by atoms with van der Waals surface area (Å²) in [6.45, 7) is 2.05. The number of thiophene rings is 1. The normalized spacial score (nSPS) is 14.4. The topological polar surface area (TPSA) is 29.1 Å². The molecule has 0 spiro atoms. The largest absolute Gasteiger partial charge is 0.322 e. The van der Waals surface area contributed by atoms with Crippen molar-refractivity contribution in [2.24, 2.45) is 0 Å². The Morgan fingerprint density at radius 3 is 2.65 bits per heavy atom. The summed E-state index contributed by atoms with van der Waals surface area (Å²) >= 11 is 1.75. The van der Waals surface area contributed by atoms with Gasteiger partial charge in [-0.05, 0) is 50.3 Å². The maximum atomic E-state index is 12.4. The first-order valence-corrected chi connectivity index (χ1v) is 8.09. The molecule has 0 saturated heterocycles. The number of amides is 1. The first-order chi connectivity index (χ1) is 9.74. The van der Waals surface area contributed by atoms with Crippen LogP contribution in [0.2, 0.25) is 0 Å². The summed E-state index contributed by atoms with van der Waals surface area (Å²) in [4.78, 5) is 13.9. The molecule has 2 nitrogen and oxygen atoms in total. The van der Waals surface area contributed by atoms with Gasteiger partial charge in [0.15, 0.2) is 0 Å². The van der Waals surface area contributed by atoms with Crippen LogP contribution in [0.1, 0.15) is 45.6 Å². The molecule has 1 amide bonds. The average molecular weight is 285 g/mol. The van der Waals surface area contributed by atoms with E-state index in [1.54, 1.807) is 11.3 Å². The Balaban J connectivity index is 1.80. The molecule has 0 bridgehead atoms. The van der Waals surface area contributed by atoms with Gasteiger partial charge in [0.05, 0.1) is 5.56 Å². The minimum atomic E-state index is 0.0354. The van der Waals surface area contributed by atoms with Crippen LogP contribution >= 0.6 is 11.3 Å². The smallest absolute Gasteiger partial charge is 0.256 e. The quantitative estimate of drug-likeness (QED) is 0.804. The van der Waals surface area contributed by atoms with Gasteiger partial charge < -0.3 is 5.32 Å². The Hall–Kier alpha value is -1.61. The number of aryl methyl sites for hydroxylation is 2. The van der Waals surface area contributed by atoms with Crippen molar-refractivity contribution in [1.29, 1.82) is 0 Å². The van der Waals surface area contributed by atoms with Crippen LogP contribution in [0.3, 0.4) is 0 Å². The monoisotopic (exact) mass is 285 g/mol. The molecule has 0 fully saturated rings. The van der Waals surface area contributed by atoms with Gasteiger partial charge >= 0.3 is 0 Å². The van der Waals surface area contributed by atoms with Crippen molar-refractivity contribution in [1.82, 2.24) is 0 Å². The van der Waals surface area contributed by atoms with Gasteiger partial charge in [-0.15, -0.1) is 11.3 Å². The van der Waals surface area contributed by atoms with Gasteiger partial charge in [0, 0.05) is 15.9 Å². The molecular formula is C17H19NOS. The Morgan fingerprint density at radius 2 is 1.85 bits per heavy atom. The van der Waals surface area contributed by atoms with Crippen LogP contribution in [-0.2, 0) is 12.8 Å². The highest BCUT2D eigenvalue weighted by atomic mass is 32.1. The van der Waals surface area contributed by atoms with Crippen molar-refractivity contribution in [3.8, 4) is 0 Å². The fourth-order valence-electron chi connectivity index (χ4n) is 2.70. The molecular weight excluding hydrogens is 266 g/mol. The summed E-state index contributed by atoms with van der Waals surface area (Å²) in [6.07, 6.45) is 5.93. The van der Waals surface area contributed by atoms with Gasteiger partial charge in [-0.2, -0.15) is 0 Å². The zero-order valence-electron chi connectivity index (χ0n) is 11.7. The van der Waals surface area contributed by atoms with Crippen molar-refractivity contribution in [2.75, 3.05) is 5.32 Å². The number of carbonyl (C=O) groups is 1. The minimum absolute atomic E-state index is 0.0354. The lowest BCUT2D eigenvalue weighted by atomic mass is 10.1. The van der Waals surface area contributed by atoms with Gasteiger partial charge in [-0.25, -0.2) is 0 Å². The predicted octanol–water partition coefficient (Wildman–Crippen LogP) is 4.58. The average Bonchev–Trinajstić information content (AvgIpc) is 2.71. The molecule has 1 aromatic carbocycles. The summed E-state index contributed by atoms with van der Waals surface area (Å²) in [5.74, 6) is 0.0354. The third kappa shape index (κ3) is 2.78. The van der Waals surface area contributed by atoms with E-state index in [-0.39, 0.29) is 5.91 Å². The van der Waals surface area contributed by atoms with Crippen molar-refractivity contribution < 1.29 is 4.79 Å². The van der Waals surface area contributed by atoms with E-state index in [0.29, 0.717) is 0 Å². The van der Waals surface area contributed by atoms with E-state index in [1.165, 1.54) is 35.3 Å². The van der Waals surface area contributed by atoms with Crippen LogP contribution in [0.25, 0.3) is 0 Å². The molecule has 0 saturated carbocycles. The number of anilines is 1. The highest BCUT2D eigenvalue weighted by molar-refractivity contribution is 7.10. The highest BCUT2D eigenvalue weighted by Crippen LogP contribution is 2.30. The summed E-state index contributed by atoms with van der Waals surface area (Å²) in [7, 11) is 0. The van der Waals surface area contributed by atoms with Gasteiger partial charge in [0.25, 0.3) is 5.91 Å². The third-order valence-electron chi connectivity index (χ3n) is 3.87. The molecule has 1 aliphatic carbocycles. The lowest BCUT2D eigenvalue weighted by Crippen LogP contribution is -2.13. The first-order valence-electron chi connectivity index (χ1n) is 7.21. The van der Waals surface area contributed by atoms with Crippen molar-refractivity contribution in [2.45, 2.75) is 39.0 Å². The van der Waals surface area contributed by atoms with Crippen LogP contribution in [0.5, 0.6) is 0 Å². The maximum Gasteiger partial charge on any atom is 0.256 e. The molecule has 3 heteroatoms. The molecule has 2 aromatic rings. The van der Waals surface area contributed by atoms with Crippen molar-refractivity contribution in [3.05, 3.63) is 51.2 Å². The lowest BCUT2D eigenvalue weighted by Gasteiger charge is -2.07. The second-order valence-electron chi connectivity index (χ2n) is 5.43. The Bertz CT molecular complexity index is 612. The van der Waals surface area contributed by atoms with Crippen LogP contribution in [0, 0.1) is 6.92 Å². The fourth-order valence-corrected chi connectivity index (χ4v) is 3.82. The summed E-state index contributed by atoms with van der Waals surface area (Å²) < 4.78 is 0. The number of hydrogen-bond acceptors (Lipinski definition) is 2. The molecule has 1 aromatic heterocycles. The van der Waals surface area contributed by atoms with Crippen LogP contribution in [0.15, 0.2) is 29.6 Å². The number of nitrogens with one attached hydrogen (secondary N) is 1. The second-order valence-corrected chi connectivity index (χ2v) is 6.40. The molecule has 104 valence electrons. The Labute approximate surface area is 123 Å². The molecule has 1 N–H and O–H groups in total. The van der Waals surface area contributed by atoms with E-state index in [2.05, 4.69) is 5.32 Å². The van der Waals surface area contributed by atoms with Gasteiger partial charge in [-0.3, -0.25) is 4.79 Å². The Kier molecular flexibility index (Phi) is 3.88. The van der Waals surface area contributed by atoms with Gasteiger partial charge in [0.2, 0.25) is 0 Å². The fraction of sp³-hybridized carbons (Fsp3) is 0.353. The third-order valence-corrected chi connectivity index (χ3v) is 4.95. The van der Waals surface area contributed by atoms with Crippen LogP contribution in [-0.4, -0.2) is 5.91 Å². The SMILES string of the molecule is Cc1ccc(NC(=O)c2csc3c2CCCCC3)cc1. The van der Waals surface area contributed by atoms with E-state index in [1.807, 2.05) is 36.6 Å². The molecule has 3 rings (SSSR count). The molecule has 0 radical (unpaired) electrons. The molecule has 1 heterocycles. The molecule has 20 heavy (non-hydrogen) atoms. The standard InChI is InChI=1S/C17H19NOS/c1-12-7-9-13(10-8-12)18-17(19)15-11-20-16-6-4-2-3-5-14(15)16/h7-11H,2-6H2,1H3,(H,18,19). The number of fused-ring (bicyclic) bond motifs is 1. The molecule has 0 atom stereocenters. The first kappa shape index (κ1) is 13.4.